The average molecular weight is 281 g/mol. The van der Waals surface area contributed by atoms with Crippen molar-refractivity contribution in [3.8, 4) is 0 Å². The van der Waals surface area contributed by atoms with Crippen LogP contribution in [0, 0.1) is 0 Å². The number of hydrogen-bond acceptors (Lipinski definition) is 3. The summed E-state index contributed by atoms with van der Waals surface area (Å²) in [6.45, 7) is 2.85. The van der Waals surface area contributed by atoms with Crippen LogP contribution in [0.4, 0.5) is 17.1 Å². The number of rotatable bonds is 4. The molecule has 2 aromatic carbocycles. The normalized spacial score (nSPS) is 12.9. The first-order chi connectivity index (χ1) is 10.2. The van der Waals surface area contributed by atoms with Gasteiger partial charge in [0.15, 0.2) is 0 Å². The monoisotopic (exact) mass is 281 g/mol. The second-order valence-electron chi connectivity index (χ2n) is 5.35. The molecule has 0 fully saturated rings. The Hall–Kier alpha value is -2.49. The topological polar surface area (TPSA) is 67.1 Å². The van der Waals surface area contributed by atoms with E-state index in [1.165, 1.54) is 11.1 Å². The van der Waals surface area contributed by atoms with Crippen molar-refractivity contribution in [2.24, 2.45) is 0 Å². The van der Waals surface area contributed by atoms with E-state index in [0.717, 1.165) is 23.4 Å². The van der Waals surface area contributed by atoms with Crippen molar-refractivity contribution in [1.29, 1.82) is 0 Å². The van der Waals surface area contributed by atoms with Crippen LogP contribution in [0.1, 0.15) is 23.6 Å². The third kappa shape index (κ3) is 2.84. The largest absolute Gasteiger partial charge is 0.397 e. The van der Waals surface area contributed by atoms with Gasteiger partial charge in [-0.05, 0) is 35.2 Å². The number of carbonyl (C=O) groups is 1. The van der Waals surface area contributed by atoms with Gasteiger partial charge in [0.2, 0.25) is 5.91 Å². The Labute approximate surface area is 124 Å². The highest BCUT2D eigenvalue weighted by Crippen LogP contribution is 2.31. The quantitative estimate of drug-likeness (QED) is 0.755. The maximum Gasteiger partial charge on any atom is 0.228 e. The van der Waals surface area contributed by atoms with Crippen LogP contribution in [0.3, 0.4) is 0 Å². The lowest BCUT2D eigenvalue weighted by Gasteiger charge is -2.12. The highest BCUT2D eigenvalue weighted by molar-refractivity contribution is 6.00. The molecular formula is C17H19N3O. The van der Waals surface area contributed by atoms with E-state index in [-0.39, 0.29) is 5.91 Å². The molecular weight excluding hydrogens is 262 g/mol. The molecule has 4 N–H and O–H groups in total. The molecule has 0 bridgehead atoms. The minimum absolute atomic E-state index is 0.0247. The number of nitrogen functional groups attached to an aromatic ring is 1. The average Bonchev–Trinajstić information content (AvgIpc) is 2.84. The fourth-order valence-electron chi connectivity index (χ4n) is 2.54. The van der Waals surface area contributed by atoms with E-state index in [9.17, 15) is 4.79 Å². The molecule has 0 unspecified atom stereocenters. The van der Waals surface area contributed by atoms with Gasteiger partial charge in [-0.25, -0.2) is 0 Å². The van der Waals surface area contributed by atoms with E-state index in [1.54, 1.807) is 0 Å². The smallest absolute Gasteiger partial charge is 0.228 e. The molecule has 0 radical (unpaired) electrons. The van der Waals surface area contributed by atoms with Crippen LogP contribution in [0.15, 0.2) is 36.4 Å². The molecule has 1 aliphatic rings. The van der Waals surface area contributed by atoms with Crippen molar-refractivity contribution >= 4 is 23.0 Å². The molecule has 0 spiro atoms. The SMILES string of the molecule is CCc1ccc(CNc2cc3c(cc2N)CC(=O)N3)cc1. The second-order valence-corrected chi connectivity index (χ2v) is 5.35. The third-order valence-corrected chi connectivity index (χ3v) is 3.81. The summed E-state index contributed by atoms with van der Waals surface area (Å²) in [7, 11) is 0. The summed E-state index contributed by atoms with van der Waals surface area (Å²) < 4.78 is 0. The highest BCUT2D eigenvalue weighted by atomic mass is 16.1. The van der Waals surface area contributed by atoms with E-state index < -0.39 is 0 Å². The number of aryl methyl sites for hydroxylation is 1. The van der Waals surface area contributed by atoms with Gasteiger partial charge >= 0.3 is 0 Å². The second kappa shape index (κ2) is 5.48. The molecule has 1 aliphatic heterocycles. The van der Waals surface area contributed by atoms with Crippen molar-refractivity contribution in [3.63, 3.8) is 0 Å². The third-order valence-electron chi connectivity index (χ3n) is 3.81. The zero-order chi connectivity index (χ0) is 14.8. The van der Waals surface area contributed by atoms with Gasteiger partial charge in [0.1, 0.15) is 0 Å². The highest BCUT2D eigenvalue weighted by Gasteiger charge is 2.19. The molecule has 4 nitrogen and oxygen atoms in total. The van der Waals surface area contributed by atoms with Crippen LogP contribution in [-0.2, 0) is 24.2 Å². The predicted octanol–water partition coefficient (Wildman–Crippen LogP) is 2.94. The van der Waals surface area contributed by atoms with Crippen LogP contribution < -0.4 is 16.4 Å². The van der Waals surface area contributed by atoms with Gasteiger partial charge in [-0.1, -0.05) is 31.2 Å². The fraction of sp³-hybridized carbons (Fsp3) is 0.235. The van der Waals surface area contributed by atoms with Gasteiger partial charge in [0.05, 0.1) is 17.8 Å². The maximum absolute atomic E-state index is 11.4. The van der Waals surface area contributed by atoms with E-state index in [2.05, 4.69) is 41.8 Å². The number of anilines is 3. The molecule has 21 heavy (non-hydrogen) atoms. The molecule has 2 aromatic rings. The minimum atomic E-state index is 0.0247. The van der Waals surface area contributed by atoms with E-state index >= 15 is 0 Å². The first kappa shape index (κ1) is 13.5. The molecule has 0 aliphatic carbocycles. The Morgan fingerprint density at radius 2 is 1.90 bits per heavy atom. The number of amides is 1. The summed E-state index contributed by atoms with van der Waals surface area (Å²) in [5.41, 5.74) is 11.9. The number of carbonyl (C=O) groups excluding carboxylic acids is 1. The Bertz CT molecular complexity index is 677. The van der Waals surface area contributed by atoms with Crippen LogP contribution >= 0.6 is 0 Å². The van der Waals surface area contributed by atoms with Crippen molar-refractivity contribution in [3.05, 3.63) is 53.1 Å². The Kier molecular flexibility index (Phi) is 3.52. The van der Waals surface area contributed by atoms with Gasteiger partial charge in [-0.3, -0.25) is 4.79 Å². The standard InChI is InChI=1S/C17H19N3O/c1-2-11-3-5-12(6-4-11)10-19-16-9-15-13(7-14(16)18)8-17(21)20-15/h3-7,9,19H,2,8,10,18H2,1H3,(H,20,21). The van der Waals surface area contributed by atoms with E-state index in [0.29, 0.717) is 18.7 Å². The minimum Gasteiger partial charge on any atom is -0.397 e. The zero-order valence-corrected chi connectivity index (χ0v) is 12.1. The summed E-state index contributed by atoms with van der Waals surface area (Å²) in [5, 5.41) is 6.18. The molecule has 1 amide bonds. The molecule has 0 atom stereocenters. The summed E-state index contributed by atoms with van der Waals surface area (Å²) in [6, 6.07) is 12.3. The molecule has 3 rings (SSSR count). The maximum atomic E-state index is 11.4. The van der Waals surface area contributed by atoms with Crippen molar-refractivity contribution in [2.75, 3.05) is 16.4 Å². The first-order valence-corrected chi connectivity index (χ1v) is 7.19. The number of nitrogens with one attached hydrogen (secondary N) is 2. The van der Waals surface area contributed by atoms with Gasteiger partial charge in [-0.15, -0.1) is 0 Å². The van der Waals surface area contributed by atoms with Gasteiger partial charge in [0.25, 0.3) is 0 Å². The van der Waals surface area contributed by atoms with E-state index in [4.69, 9.17) is 5.73 Å². The number of nitrogens with two attached hydrogens (primary N) is 1. The van der Waals surface area contributed by atoms with Crippen LogP contribution in [-0.4, -0.2) is 5.91 Å². The number of hydrogen-bond donors (Lipinski definition) is 3. The van der Waals surface area contributed by atoms with Crippen molar-refractivity contribution < 1.29 is 4.79 Å². The number of fused-ring (bicyclic) bond motifs is 1. The Morgan fingerprint density at radius 1 is 1.19 bits per heavy atom. The molecule has 4 heteroatoms. The lowest BCUT2D eigenvalue weighted by Crippen LogP contribution is -2.04. The van der Waals surface area contributed by atoms with Crippen molar-refractivity contribution in [2.45, 2.75) is 26.3 Å². The summed E-state index contributed by atoms with van der Waals surface area (Å²) in [6.07, 6.45) is 1.46. The van der Waals surface area contributed by atoms with Crippen LogP contribution in [0.2, 0.25) is 0 Å². The predicted molar refractivity (Wildman–Crippen MR) is 86.3 cm³/mol. The van der Waals surface area contributed by atoms with Crippen molar-refractivity contribution in [1.82, 2.24) is 0 Å². The van der Waals surface area contributed by atoms with Crippen LogP contribution in [0.5, 0.6) is 0 Å². The molecule has 1 heterocycles. The lowest BCUT2D eigenvalue weighted by molar-refractivity contribution is -0.115. The summed E-state index contributed by atoms with van der Waals surface area (Å²) >= 11 is 0. The Balaban J connectivity index is 1.73. The summed E-state index contributed by atoms with van der Waals surface area (Å²) in [5.74, 6) is 0.0247. The van der Waals surface area contributed by atoms with Gasteiger partial charge in [0, 0.05) is 12.2 Å². The summed E-state index contributed by atoms with van der Waals surface area (Å²) in [4.78, 5) is 11.4. The lowest BCUT2D eigenvalue weighted by atomic mass is 10.1. The number of benzene rings is 2. The first-order valence-electron chi connectivity index (χ1n) is 7.19. The zero-order valence-electron chi connectivity index (χ0n) is 12.1. The van der Waals surface area contributed by atoms with E-state index in [1.807, 2.05) is 12.1 Å². The van der Waals surface area contributed by atoms with Gasteiger partial charge in [-0.2, -0.15) is 0 Å². The molecule has 0 aromatic heterocycles. The van der Waals surface area contributed by atoms with Gasteiger partial charge < -0.3 is 16.4 Å². The fourth-order valence-corrected chi connectivity index (χ4v) is 2.54. The molecule has 108 valence electrons. The molecule has 0 saturated heterocycles. The Morgan fingerprint density at radius 3 is 2.62 bits per heavy atom. The van der Waals surface area contributed by atoms with Crippen LogP contribution in [0.25, 0.3) is 0 Å². The molecule has 0 saturated carbocycles.